The zero-order valence-corrected chi connectivity index (χ0v) is 11.7. The lowest BCUT2D eigenvalue weighted by Crippen LogP contribution is -2.32. The second-order valence-corrected chi connectivity index (χ2v) is 6.07. The smallest absolute Gasteiger partial charge is 0.293 e. The number of anilines is 1. The van der Waals surface area contributed by atoms with Crippen LogP contribution in [0.3, 0.4) is 0 Å². The van der Waals surface area contributed by atoms with Crippen LogP contribution >= 0.6 is 0 Å². The van der Waals surface area contributed by atoms with Crippen LogP contribution in [0, 0.1) is 33.3 Å². The number of hydrogen-bond donors (Lipinski definition) is 1. The lowest BCUT2D eigenvalue weighted by atomic mass is 9.79. The first-order chi connectivity index (χ1) is 10.1. The SMILES string of the molecule is N#Cc1ccc(N2C[C@H]3CCC(N)C[C@H]3C2)c([N+](=O)[O-])c1. The van der Waals surface area contributed by atoms with Crippen molar-refractivity contribution < 1.29 is 4.92 Å². The summed E-state index contributed by atoms with van der Waals surface area (Å²) in [4.78, 5) is 13.0. The highest BCUT2D eigenvalue weighted by atomic mass is 16.6. The fourth-order valence-corrected chi connectivity index (χ4v) is 3.67. The molecule has 0 aromatic heterocycles. The first-order valence-electron chi connectivity index (χ1n) is 7.27. The number of fused-ring (bicyclic) bond motifs is 1. The fourth-order valence-electron chi connectivity index (χ4n) is 3.67. The van der Waals surface area contributed by atoms with E-state index >= 15 is 0 Å². The summed E-state index contributed by atoms with van der Waals surface area (Å²) in [7, 11) is 0. The third kappa shape index (κ3) is 2.57. The third-order valence-electron chi connectivity index (χ3n) is 4.73. The van der Waals surface area contributed by atoms with Crippen molar-refractivity contribution in [3.8, 4) is 6.07 Å². The number of nitro benzene ring substituents is 1. The van der Waals surface area contributed by atoms with E-state index in [2.05, 4.69) is 4.90 Å². The number of nitrogens with zero attached hydrogens (tertiary/aromatic N) is 3. The Morgan fingerprint density at radius 1 is 1.33 bits per heavy atom. The third-order valence-corrected chi connectivity index (χ3v) is 4.73. The molecule has 1 aromatic carbocycles. The van der Waals surface area contributed by atoms with Crippen LogP contribution in [-0.4, -0.2) is 24.1 Å². The maximum absolute atomic E-state index is 11.3. The largest absolute Gasteiger partial charge is 0.365 e. The quantitative estimate of drug-likeness (QED) is 0.662. The molecule has 0 radical (unpaired) electrons. The molecule has 21 heavy (non-hydrogen) atoms. The van der Waals surface area contributed by atoms with Crippen molar-refractivity contribution in [3.05, 3.63) is 33.9 Å². The summed E-state index contributed by atoms with van der Waals surface area (Å²) in [5.41, 5.74) is 7.00. The molecular formula is C15H18N4O2. The van der Waals surface area contributed by atoms with Crippen LogP contribution in [0.15, 0.2) is 18.2 Å². The van der Waals surface area contributed by atoms with Crippen LogP contribution in [0.1, 0.15) is 24.8 Å². The van der Waals surface area contributed by atoms with Crippen LogP contribution in [-0.2, 0) is 0 Å². The van der Waals surface area contributed by atoms with Gasteiger partial charge in [-0.15, -0.1) is 0 Å². The summed E-state index contributed by atoms with van der Waals surface area (Å²) in [6.07, 6.45) is 3.15. The number of hydrogen-bond acceptors (Lipinski definition) is 5. The highest BCUT2D eigenvalue weighted by molar-refractivity contribution is 5.66. The zero-order chi connectivity index (χ0) is 15.0. The van der Waals surface area contributed by atoms with Gasteiger partial charge in [-0.3, -0.25) is 10.1 Å². The zero-order valence-electron chi connectivity index (χ0n) is 11.7. The van der Waals surface area contributed by atoms with Gasteiger partial charge in [-0.25, -0.2) is 0 Å². The van der Waals surface area contributed by atoms with E-state index in [4.69, 9.17) is 11.0 Å². The predicted molar refractivity (Wildman–Crippen MR) is 78.8 cm³/mol. The minimum Gasteiger partial charge on any atom is -0.365 e. The van der Waals surface area contributed by atoms with Crippen molar-refractivity contribution in [3.63, 3.8) is 0 Å². The molecule has 0 amide bonds. The second-order valence-electron chi connectivity index (χ2n) is 6.07. The molecule has 2 fully saturated rings. The van der Waals surface area contributed by atoms with Gasteiger partial charge in [0.25, 0.3) is 5.69 Å². The van der Waals surface area contributed by atoms with Gasteiger partial charge >= 0.3 is 0 Å². The minimum atomic E-state index is -0.399. The number of rotatable bonds is 2. The van der Waals surface area contributed by atoms with Gasteiger partial charge in [0.2, 0.25) is 0 Å². The summed E-state index contributed by atoms with van der Waals surface area (Å²) in [5.74, 6) is 1.11. The standard InChI is InChI=1S/C15H18N4O2/c16-7-10-1-4-14(15(5-10)19(20)21)18-8-11-2-3-13(17)6-12(11)9-18/h1,4-5,11-13H,2-3,6,8-9,17H2/t11-,12+,13?/m1/s1. The monoisotopic (exact) mass is 286 g/mol. The van der Waals surface area contributed by atoms with Crippen LogP contribution in [0.5, 0.6) is 0 Å². The van der Waals surface area contributed by atoms with Crippen molar-refractivity contribution >= 4 is 11.4 Å². The summed E-state index contributed by atoms with van der Waals surface area (Å²) in [6, 6.07) is 6.94. The molecule has 1 aromatic rings. The Hall–Kier alpha value is -2.13. The second kappa shape index (κ2) is 5.34. The number of nitrogens with two attached hydrogens (primary N) is 1. The molecule has 2 N–H and O–H groups in total. The molecule has 6 heteroatoms. The van der Waals surface area contributed by atoms with E-state index in [0.29, 0.717) is 23.1 Å². The molecule has 0 spiro atoms. The highest BCUT2D eigenvalue weighted by Gasteiger charge is 2.38. The Bertz CT molecular complexity index is 610. The van der Waals surface area contributed by atoms with Gasteiger partial charge < -0.3 is 10.6 Å². The average molecular weight is 286 g/mol. The summed E-state index contributed by atoms with van der Waals surface area (Å²) < 4.78 is 0. The van der Waals surface area contributed by atoms with Gasteiger partial charge in [-0.05, 0) is 43.2 Å². The molecule has 2 aliphatic rings. The molecule has 3 atom stereocenters. The van der Waals surface area contributed by atoms with E-state index in [1.54, 1.807) is 12.1 Å². The van der Waals surface area contributed by atoms with E-state index in [9.17, 15) is 10.1 Å². The van der Waals surface area contributed by atoms with Crippen LogP contribution in [0.4, 0.5) is 11.4 Å². The molecule has 110 valence electrons. The Balaban J connectivity index is 1.88. The van der Waals surface area contributed by atoms with Crippen molar-refractivity contribution in [1.29, 1.82) is 5.26 Å². The molecule has 3 rings (SSSR count). The van der Waals surface area contributed by atoms with E-state index < -0.39 is 4.92 Å². The highest BCUT2D eigenvalue weighted by Crippen LogP contribution is 2.40. The molecule has 1 heterocycles. The van der Waals surface area contributed by atoms with Crippen LogP contribution < -0.4 is 10.6 Å². The summed E-state index contributed by atoms with van der Waals surface area (Å²) in [6.45, 7) is 1.68. The Morgan fingerprint density at radius 2 is 2.10 bits per heavy atom. The Kier molecular flexibility index (Phi) is 3.52. The van der Waals surface area contributed by atoms with E-state index in [1.165, 1.54) is 6.07 Å². The number of benzene rings is 1. The van der Waals surface area contributed by atoms with Crippen molar-refractivity contribution in [2.45, 2.75) is 25.3 Å². The molecule has 0 bridgehead atoms. The molecule has 6 nitrogen and oxygen atoms in total. The Morgan fingerprint density at radius 3 is 2.81 bits per heavy atom. The first kappa shape index (κ1) is 13.8. The molecule has 1 aliphatic carbocycles. The normalized spacial score (nSPS) is 28.0. The van der Waals surface area contributed by atoms with Gasteiger partial charge in [0, 0.05) is 25.2 Å². The molecule has 1 unspecified atom stereocenters. The van der Waals surface area contributed by atoms with Gasteiger partial charge in [-0.1, -0.05) is 0 Å². The number of nitriles is 1. The van der Waals surface area contributed by atoms with Gasteiger partial charge in [-0.2, -0.15) is 5.26 Å². The van der Waals surface area contributed by atoms with Gasteiger partial charge in [0.15, 0.2) is 0 Å². The summed E-state index contributed by atoms with van der Waals surface area (Å²) >= 11 is 0. The number of nitro groups is 1. The maximum atomic E-state index is 11.3. The molecule has 1 aliphatic heterocycles. The topological polar surface area (TPSA) is 96.2 Å². The minimum absolute atomic E-state index is 0.0250. The lowest BCUT2D eigenvalue weighted by Gasteiger charge is -2.27. The predicted octanol–water partition coefficient (Wildman–Crippen LogP) is 2.03. The average Bonchev–Trinajstić information content (AvgIpc) is 2.89. The van der Waals surface area contributed by atoms with Crippen LogP contribution in [0.25, 0.3) is 0 Å². The molecular weight excluding hydrogens is 268 g/mol. The molecule has 1 saturated heterocycles. The van der Waals surface area contributed by atoms with Crippen molar-refractivity contribution in [2.75, 3.05) is 18.0 Å². The van der Waals surface area contributed by atoms with E-state index in [1.807, 2.05) is 6.07 Å². The van der Waals surface area contributed by atoms with Crippen molar-refractivity contribution in [2.24, 2.45) is 17.6 Å². The fraction of sp³-hybridized carbons (Fsp3) is 0.533. The van der Waals surface area contributed by atoms with E-state index in [0.717, 1.165) is 32.4 Å². The molecule has 1 saturated carbocycles. The maximum Gasteiger partial charge on any atom is 0.293 e. The lowest BCUT2D eigenvalue weighted by molar-refractivity contribution is -0.384. The van der Waals surface area contributed by atoms with Crippen molar-refractivity contribution in [1.82, 2.24) is 0 Å². The summed E-state index contributed by atoms with van der Waals surface area (Å²) in [5, 5.41) is 20.2. The Labute approximate surface area is 123 Å². The van der Waals surface area contributed by atoms with Gasteiger partial charge in [0.05, 0.1) is 16.6 Å². The first-order valence-corrected chi connectivity index (χ1v) is 7.27. The van der Waals surface area contributed by atoms with Gasteiger partial charge in [0.1, 0.15) is 5.69 Å². The van der Waals surface area contributed by atoms with Crippen LogP contribution in [0.2, 0.25) is 0 Å². The van der Waals surface area contributed by atoms with E-state index in [-0.39, 0.29) is 11.7 Å².